The number of benzene rings is 2. The highest BCUT2D eigenvalue weighted by Crippen LogP contribution is 2.20. The molecule has 156 valence electrons. The molecule has 3 rings (SSSR count). The van der Waals surface area contributed by atoms with Crippen molar-refractivity contribution in [2.45, 2.75) is 32.9 Å². The fourth-order valence-electron chi connectivity index (χ4n) is 2.76. The number of aromatic amines is 1. The van der Waals surface area contributed by atoms with E-state index in [1.807, 2.05) is 0 Å². The molecule has 9 heteroatoms. The number of ether oxygens (including phenoxy) is 1. The first-order valence-corrected chi connectivity index (χ1v) is 9.45. The van der Waals surface area contributed by atoms with Gasteiger partial charge in [-0.05, 0) is 50.6 Å². The zero-order valence-electron chi connectivity index (χ0n) is 16.6. The molecule has 0 unspecified atom stereocenters. The third kappa shape index (κ3) is 4.77. The van der Waals surface area contributed by atoms with E-state index in [0.29, 0.717) is 16.6 Å². The molecular weight excluding hydrogens is 410 g/mol. The van der Waals surface area contributed by atoms with Gasteiger partial charge in [0.2, 0.25) is 5.82 Å². The van der Waals surface area contributed by atoms with Crippen LogP contribution in [0.15, 0.2) is 36.4 Å². The molecule has 0 atom stereocenters. The topological polar surface area (TPSA) is 121 Å². The predicted octanol–water partition coefficient (Wildman–Crippen LogP) is 3.80. The standard InChI is InChI=1S/C21H20ClN3O5/c1-21(2,3)30-20(29)17-24-15-6-4-5-12(16(15)25-17)10-23-18(26)11-7-8-13(19(27)28)14(22)9-11/h4-9H,10H2,1-3H3,(H,23,26)(H,24,25)(H,27,28). The Kier molecular flexibility index (Phi) is 5.80. The second-order valence-electron chi connectivity index (χ2n) is 7.58. The maximum absolute atomic E-state index is 12.4. The Hall–Kier alpha value is -3.39. The van der Waals surface area contributed by atoms with Crippen LogP contribution in [0.3, 0.4) is 0 Å². The summed E-state index contributed by atoms with van der Waals surface area (Å²) in [6.45, 7) is 5.45. The van der Waals surface area contributed by atoms with Gasteiger partial charge in [-0.1, -0.05) is 23.7 Å². The molecule has 0 saturated heterocycles. The number of carbonyl (C=O) groups excluding carboxylic acids is 2. The van der Waals surface area contributed by atoms with E-state index in [1.54, 1.807) is 39.0 Å². The third-order valence-electron chi connectivity index (χ3n) is 4.09. The van der Waals surface area contributed by atoms with Crippen LogP contribution in [0.25, 0.3) is 11.0 Å². The Bertz CT molecular complexity index is 1150. The molecule has 0 aliphatic carbocycles. The SMILES string of the molecule is CC(C)(C)OC(=O)c1nc2c(CNC(=O)c3ccc(C(=O)O)c(Cl)c3)cccc2[nH]1. The van der Waals surface area contributed by atoms with Gasteiger partial charge in [-0.2, -0.15) is 0 Å². The number of amides is 1. The smallest absolute Gasteiger partial charge is 0.374 e. The van der Waals surface area contributed by atoms with E-state index in [-0.39, 0.29) is 28.5 Å². The molecule has 0 saturated carbocycles. The predicted molar refractivity (Wildman–Crippen MR) is 111 cm³/mol. The zero-order chi connectivity index (χ0) is 22.1. The maximum atomic E-state index is 12.4. The molecular formula is C21H20ClN3O5. The number of fused-ring (bicyclic) bond motifs is 1. The van der Waals surface area contributed by atoms with Gasteiger partial charge in [0.15, 0.2) is 0 Å². The van der Waals surface area contributed by atoms with Crippen LogP contribution in [0.4, 0.5) is 0 Å². The highest BCUT2D eigenvalue weighted by atomic mass is 35.5. The summed E-state index contributed by atoms with van der Waals surface area (Å²) < 4.78 is 5.33. The summed E-state index contributed by atoms with van der Waals surface area (Å²) >= 11 is 5.92. The van der Waals surface area contributed by atoms with Crippen molar-refractivity contribution in [1.82, 2.24) is 15.3 Å². The number of carboxylic acids is 1. The van der Waals surface area contributed by atoms with Gasteiger partial charge >= 0.3 is 11.9 Å². The molecule has 0 spiro atoms. The highest BCUT2D eigenvalue weighted by Gasteiger charge is 2.21. The number of esters is 1. The number of hydrogen-bond acceptors (Lipinski definition) is 5. The van der Waals surface area contributed by atoms with Crippen LogP contribution in [0.1, 0.15) is 57.7 Å². The molecule has 0 aliphatic heterocycles. The molecule has 8 nitrogen and oxygen atoms in total. The Morgan fingerprint density at radius 1 is 1.20 bits per heavy atom. The number of nitrogens with one attached hydrogen (secondary N) is 2. The van der Waals surface area contributed by atoms with Crippen LogP contribution in [-0.4, -0.2) is 38.5 Å². The van der Waals surface area contributed by atoms with E-state index < -0.39 is 23.4 Å². The number of aromatic carboxylic acids is 1. The van der Waals surface area contributed by atoms with Crippen LogP contribution in [0.2, 0.25) is 5.02 Å². The van der Waals surface area contributed by atoms with E-state index in [1.165, 1.54) is 18.2 Å². The summed E-state index contributed by atoms with van der Waals surface area (Å²) in [6, 6.07) is 9.30. The van der Waals surface area contributed by atoms with Crippen molar-refractivity contribution < 1.29 is 24.2 Å². The highest BCUT2D eigenvalue weighted by molar-refractivity contribution is 6.33. The van der Waals surface area contributed by atoms with Crippen molar-refractivity contribution >= 4 is 40.5 Å². The number of imidazole rings is 1. The first-order chi connectivity index (χ1) is 14.0. The van der Waals surface area contributed by atoms with E-state index in [9.17, 15) is 14.4 Å². The zero-order valence-corrected chi connectivity index (χ0v) is 17.3. The fourth-order valence-corrected chi connectivity index (χ4v) is 3.03. The van der Waals surface area contributed by atoms with Crippen molar-refractivity contribution in [2.24, 2.45) is 0 Å². The van der Waals surface area contributed by atoms with Gasteiger partial charge in [0, 0.05) is 12.1 Å². The number of para-hydroxylation sites is 1. The Morgan fingerprint density at radius 2 is 1.93 bits per heavy atom. The number of nitrogens with zero attached hydrogens (tertiary/aromatic N) is 1. The maximum Gasteiger partial charge on any atom is 0.374 e. The number of H-pyrrole nitrogens is 1. The quantitative estimate of drug-likeness (QED) is 0.530. The van der Waals surface area contributed by atoms with Gasteiger partial charge in [0.25, 0.3) is 5.91 Å². The van der Waals surface area contributed by atoms with Crippen molar-refractivity contribution in [3.8, 4) is 0 Å². The average Bonchev–Trinajstić information content (AvgIpc) is 3.09. The Morgan fingerprint density at radius 3 is 2.57 bits per heavy atom. The minimum absolute atomic E-state index is 0.0217. The van der Waals surface area contributed by atoms with Crippen LogP contribution < -0.4 is 5.32 Å². The molecule has 1 heterocycles. The lowest BCUT2D eigenvalue weighted by Crippen LogP contribution is -2.24. The molecule has 1 aromatic heterocycles. The third-order valence-corrected chi connectivity index (χ3v) is 4.40. The first kappa shape index (κ1) is 21.3. The van der Waals surface area contributed by atoms with Crippen molar-refractivity contribution in [3.05, 3.63) is 63.9 Å². The normalized spacial score (nSPS) is 11.3. The van der Waals surface area contributed by atoms with E-state index >= 15 is 0 Å². The molecule has 30 heavy (non-hydrogen) atoms. The largest absolute Gasteiger partial charge is 0.478 e. The minimum Gasteiger partial charge on any atom is -0.478 e. The number of halogens is 1. The average molecular weight is 430 g/mol. The number of carboxylic acid groups (broad SMARTS) is 1. The van der Waals surface area contributed by atoms with Crippen molar-refractivity contribution in [3.63, 3.8) is 0 Å². The molecule has 2 aromatic carbocycles. The van der Waals surface area contributed by atoms with Gasteiger partial charge in [-0.15, -0.1) is 0 Å². The molecule has 3 aromatic rings. The lowest BCUT2D eigenvalue weighted by atomic mass is 10.1. The Labute approximate surface area is 177 Å². The van der Waals surface area contributed by atoms with E-state index in [0.717, 1.165) is 0 Å². The van der Waals surface area contributed by atoms with Gasteiger partial charge in [0.05, 0.1) is 21.6 Å². The monoisotopic (exact) mass is 429 g/mol. The second kappa shape index (κ2) is 8.16. The van der Waals surface area contributed by atoms with E-state index in [2.05, 4.69) is 15.3 Å². The van der Waals surface area contributed by atoms with Gasteiger partial charge in [-0.25, -0.2) is 14.6 Å². The summed E-state index contributed by atoms with van der Waals surface area (Å²) in [4.78, 5) is 43.0. The minimum atomic E-state index is -1.17. The summed E-state index contributed by atoms with van der Waals surface area (Å²) in [5, 5.41) is 11.7. The van der Waals surface area contributed by atoms with Crippen molar-refractivity contribution in [1.29, 1.82) is 0 Å². The number of rotatable bonds is 5. The number of aromatic nitrogens is 2. The first-order valence-electron chi connectivity index (χ1n) is 9.07. The Balaban J connectivity index is 1.78. The van der Waals surface area contributed by atoms with Gasteiger partial charge in [-0.3, -0.25) is 4.79 Å². The molecule has 1 amide bonds. The fraction of sp³-hybridized carbons (Fsp3) is 0.238. The molecule has 0 radical (unpaired) electrons. The summed E-state index contributed by atoms with van der Waals surface area (Å²) in [5.41, 5.74) is 1.37. The lowest BCUT2D eigenvalue weighted by molar-refractivity contribution is 0.00569. The van der Waals surface area contributed by atoms with Crippen LogP contribution in [-0.2, 0) is 11.3 Å². The van der Waals surface area contributed by atoms with Gasteiger partial charge in [0.1, 0.15) is 5.60 Å². The van der Waals surface area contributed by atoms with Crippen molar-refractivity contribution in [2.75, 3.05) is 0 Å². The van der Waals surface area contributed by atoms with Gasteiger partial charge < -0.3 is 20.1 Å². The lowest BCUT2D eigenvalue weighted by Gasteiger charge is -2.18. The summed E-state index contributed by atoms with van der Waals surface area (Å²) in [7, 11) is 0. The summed E-state index contributed by atoms with van der Waals surface area (Å²) in [6.07, 6.45) is 0. The van der Waals surface area contributed by atoms with Crippen LogP contribution in [0, 0.1) is 0 Å². The number of carbonyl (C=O) groups is 3. The molecule has 0 bridgehead atoms. The number of hydrogen-bond donors (Lipinski definition) is 3. The molecule has 0 aliphatic rings. The van der Waals surface area contributed by atoms with Crippen LogP contribution in [0.5, 0.6) is 0 Å². The molecule has 3 N–H and O–H groups in total. The molecule has 0 fully saturated rings. The van der Waals surface area contributed by atoms with Crippen LogP contribution >= 0.6 is 11.6 Å². The summed E-state index contributed by atoms with van der Waals surface area (Å²) in [5.74, 6) is -2.08. The van der Waals surface area contributed by atoms with E-state index in [4.69, 9.17) is 21.4 Å². The second-order valence-corrected chi connectivity index (χ2v) is 7.99.